The molecule has 8 heteroatoms. The number of thiophene rings is 1. The molecule has 0 bridgehead atoms. The average molecular weight is 395 g/mol. The number of amides is 2. The third kappa shape index (κ3) is 4.47. The van der Waals surface area contributed by atoms with E-state index in [0.29, 0.717) is 47.6 Å². The lowest BCUT2D eigenvalue weighted by atomic mass is 10.1. The number of benzene rings is 1. The van der Waals surface area contributed by atoms with Crippen LogP contribution in [0.4, 0.5) is 0 Å². The first-order chi connectivity index (χ1) is 12.5. The fourth-order valence-corrected chi connectivity index (χ4v) is 3.45. The van der Waals surface area contributed by atoms with Gasteiger partial charge in [0.1, 0.15) is 19.3 Å². The maximum atomic E-state index is 12.1. The number of fused-ring (bicyclic) bond motifs is 1. The summed E-state index contributed by atoms with van der Waals surface area (Å²) < 4.78 is 11.0. The van der Waals surface area contributed by atoms with E-state index >= 15 is 0 Å². The smallest absolute Gasteiger partial charge is 0.261 e. The molecule has 0 spiro atoms. The van der Waals surface area contributed by atoms with E-state index < -0.39 is 6.04 Å². The van der Waals surface area contributed by atoms with E-state index in [4.69, 9.17) is 21.1 Å². The summed E-state index contributed by atoms with van der Waals surface area (Å²) in [4.78, 5) is 24.7. The van der Waals surface area contributed by atoms with Crippen LogP contribution < -0.4 is 20.1 Å². The summed E-state index contributed by atoms with van der Waals surface area (Å²) in [6.07, 6.45) is 0.591. The van der Waals surface area contributed by atoms with Crippen molar-refractivity contribution in [1.82, 2.24) is 10.6 Å². The molecule has 1 aromatic carbocycles. The zero-order valence-corrected chi connectivity index (χ0v) is 15.8. The lowest BCUT2D eigenvalue weighted by molar-refractivity contribution is -0.122. The Morgan fingerprint density at radius 1 is 1.31 bits per heavy atom. The van der Waals surface area contributed by atoms with E-state index in [1.54, 1.807) is 19.1 Å². The summed E-state index contributed by atoms with van der Waals surface area (Å²) in [6, 6.07) is 6.57. The Kier molecular flexibility index (Phi) is 6.00. The highest BCUT2D eigenvalue weighted by Gasteiger charge is 2.18. The van der Waals surface area contributed by atoms with Crippen LogP contribution in [-0.4, -0.2) is 37.6 Å². The highest BCUT2D eigenvalue weighted by molar-refractivity contribution is 7.12. The molecule has 0 radical (unpaired) electrons. The van der Waals surface area contributed by atoms with Gasteiger partial charge in [0.25, 0.3) is 5.91 Å². The van der Waals surface area contributed by atoms with Gasteiger partial charge in [0.15, 0.2) is 11.5 Å². The number of ether oxygens (including phenoxy) is 2. The molecule has 138 valence electrons. The molecule has 6 nitrogen and oxygen atoms in total. The van der Waals surface area contributed by atoms with Gasteiger partial charge in [-0.2, -0.15) is 0 Å². The molecule has 2 amide bonds. The van der Waals surface area contributed by atoms with Gasteiger partial charge in [0.05, 0.1) is 9.90 Å². The molecule has 2 heterocycles. The molecule has 1 aliphatic rings. The summed E-state index contributed by atoms with van der Waals surface area (Å²) in [7, 11) is 0. The molecule has 2 aromatic rings. The van der Waals surface area contributed by atoms with Crippen molar-refractivity contribution in [3.05, 3.63) is 45.1 Å². The summed E-state index contributed by atoms with van der Waals surface area (Å²) in [5.41, 5.74) is 0.940. The van der Waals surface area contributed by atoms with E-state index in [1.807, 2.05) is 17.5 Å². The average Bonchev–Trinajstić information content (AvgIpc) is 3.16. The third-order valence-corrected chi connectivity index (χ3v) is 5.00. The number of carbonyl (C=O) groups excluding carboxylic acids is 2. The Morgan fingerprint density at radius 3 is 2.88 bits per heavy atom. The predicted octanol–water partition coefficient (Wildman–Crippen LogP) is 2.65. The summed E-state index contributed by atoms with van der Waals surface area (Å²) >= 11 is 7.54. The largest absolute Gasteiger partial charge is 0.486 e. The van der Waals surface area contributed by atoms with Gasteiger partial charge in [-0.05, 0) is 42.5 Å². The van der Waals surface area contributed by atoms with Crippen molar-refractivity contribution in [3.8, 4) is 11.5 Å². The van der Waals surface area contributed by atoms with Gasteiger partial charge in [-0.15, -0.1) is 11.3 Å². The predicted molar refractivity (Wildman–Crippen MR) is 100 cm³/mol. The number of hydrogen-bond acceptors (Lipinski definition) is 5. The van der Waals surface area contributed by atoms with E-state index in [2.05, 4.69) is 10.6 Å². The van der Waals surface area contributed by atoms with Crippen molar-refractivity contribution in [2.75, 3.05) is 19.8 Å². The van der Waals surface area contributed by atoms with Gasteiger partial charge < -0.3 is 20.1 Å². The molecule has 0 fully saturated rings. The first-order valence-electron chi connectivity index (χ1n) is 8.24. The summed E-state index contributed by atoms with van der Waals surface area (Å²) in [5, 5.41) is 7.82. The first-order valence-corrected chi connectivity index (χ1v) is 9.50. The number of rotatable bonds is 6. The minimum Gasteiger partial charge on any atom is -0.486 e. The van der Waals surface area contributed by atoms with Crippen LogP contribution in [0.1, 0.15) is 22.2 Å². The standard InChI is InChI=1S/C18H19ClN2O4S/c1-11(21-18(23)15-3-2-8-26-15)17(22)20-5-4-12-9-13(19)16-14(10-12)24-6-7-25-16/h2-3,8-11H,4-7H2,1H3,(H,20,22)(H,21,23)/t11-/m1/s1. The number of nitrogens with one attached hydrogen (secondary N) is 2. The Hall–Kier alpha value is -2.25. The maximum absolute atomic E-state index is 12.1. The van der Waals surface area contributed by atoms with Crippen LogP contribution in [0, 0.1) is 0 Å². The molecule has 26 heavy (non-hydrogen) atoms. The molecule has 0 aliphatic carbocycles. The fraction of sp³-hybridized carbons (Fsp3) is 0.333. The highest BCUT2D eigenvalue weighted by atomic mass is 35.5. The second-order valence-electron chi connectivity index (χ2n) is 5.82. The molecule has 0 unspecified atom stereocenters. The first kappa shape index (κ1) is 18.5. The van der Waals surface area contributed by atoms with Crippen molar-refractivity contribution in [2.45, 2.75) is 19.4 Å². The second-order valence-corrected chi connectivity index (χ2v) is 7.17. The zero-order chi connectivity index (χ0) is 18.5. The van der Waals surface area contributed by atoms with E-state index in [-0.39, 0.29) is 11.8 Å². The van der Waals surface area contributed by atoms with Crippen molar-refractivity contribution >= 4 is 34.8 Å². The number of hydrogen-bond donors (Lipinski definition) is 2. The van der Waals surface area contributed by atoms with E-state index in [9.17, 15) is 9.59 Å². The molecule has 1 aliphatic heterocycles. The maximum Gasteiger partial charge on any atom is 0.261 e. The van der Waals surface area contributed by atoms with Crippen LogP contribution in [0.25, 0.3) is 0 Å². The van der Waals surface area contributed by atoms with Crippen LogP contribution >= 0.6 is 22.9 Å². The second kappa shape index (κ2) is 8.42. The topological polar surface area (TPSA) is 76.7 Å². The van der Waals surface area contributed by atoms with Crippen LogP contribution in [0.2, 0.25) is 5.02 Å². The SMILES string of the molecule is C[C@@H](NC(=O)c1cccs1)C(=O)NCCc1cc(Cl)c2c(c1)OCCO2. The highest BCUT2D eigenvalue weighted by Crippen LogP contribution is 2.38. The Bertz CT molecular complexity index is 795. The zero-order valence-electron chi connectivity index (χ0n) is 14.2. The Labute approximate surface area is 160 Å². The monoisotopic (exact) mass is 394 g/mol. The van der Waals surface area contributed by atoms with Crippen LogP contribution in [0.15, 0.2) is 29.6 Å². The van der Waals surface area contributed by atoms with E-state index in [1.165, 1.54) is 11.3 Å². The van der Waals surface area contributed by atoms with Gasteiger partial charge in [0, 0.05) is 6.54 Å². The van der Waals surface area contributed by atoms with Gasteiger partial charge in [-0.1, -0.05) is 17.7 Å². The molecule has 1 atom stereocenters. The number of halogens is 1. The Morgan fingerprint density at radius 2 is 2.12 bits per heavy atom. The summed E-state index contributed by atoms with van der Waals surface area (Å²) in [5.74, 6) is 0.706. The normalized spacial score (nSPS) is 13.8. The number of carbonyl (C=O) groups is 2. The lowest BCUT2D eigenvalue weighted by Crippen LogP contribution is -2.45. The quantitative estimate of drug-likeness (QED) is 0.789. The fourth-order valence-electron chi connectivity index (χ4n) is 2.53. The van der Waals surface area contributed by atoms with Crippen LogP contribution in [0.5, 0.6) is 11.5 Å². The third-order valence-electron chi connectivity index (χ3n) is 3.86. The molecule has 0 saturated carbocycles. The van der Waals surface area contributed by atoms with Gasteiger partial charge >= 0.3 is 0 Å². The van der Waals surface area contributed by atoms with Crippen molar-refractivity contribution < 1.29 is 19.1 Å². The van der Waals surface area contributed by atoms with E-state index in [0.717, 1.165) is 5.56 Å². The molecule has 2 N–H and O–H groups in total. The lowest BCUT2D eigenvalue weighted by Gasteiger charge is -2.20. The van der Waals surface area contributed by atoms with Gasteiger partial charge in [-0.3, -0.25) is 9.59 Å². The van der Waals surface area contributed by atoms with Gasteiger partial charge in [-0.25, -0.2) is 0 Å². The minimum atomic E-state index is -0.617. The molecule has 3 rings (SSSR count). The molecular weight excluding hydrogens is 376 g/mol. The van der Waals surface area contributed by atoms with Crippen LogP contribution in [-0.2, 0) is 11.2 Å². The molecule has 1 aromatic heterocycles. The van der Waals surface area contributed by atoms with Crippen LogP contribution in [0.3, 0.4) is 0 Å². The van der Waals surface area contributed by atoms with Crippen molar-refractivity contribution in [3.63, 3.8) is 0 Å². The summed E-state index contributed by atoms with van der Waals surface area (Å²) in [6.45, 7) is 3.05. The Balaban J connectivity index is 1.49. The molecule has 0 saturated heterocycles. The molecular formula is C18H19ClN2O4S. The van der Waals surface area contributed by atoms with Crippen molar-refractivity contribution in [1.29, 1.82) is 0 Å². The van der Waals surface area contributed by atoms with Gasteiger partial charge in [0.2, 0.25) is 5.91 Å². The van der Waals surface area contributed by atoms with Crippen molar-refractivity contribution in [2.24, 2.45) is 0 Å². The minimum absolute atomic E-state index is 0.237.